The van der Waals surface area contributed by atoms with Gasteiger partial charge >= 0.3 is 0 Å². The molecule has 21 heavy (non-hydrogen) atoms. The lowest BCUT2D eigenvalue weighted by Crippen LogP contribution is -2.24. The summed E-state index contributed by atoms with van der Waals surface area (Å²) in [4.78, 5) is 11.6. The Labute approximate surface area is 124 Å². The molecule has 0 unspecified atom stereocenters. The third kappa shape index (κ3) is 4.54. The van der Waals surface area contributed by atoms with Crippen molar-refractivity contribution < 1.29 is 9.53 Å². The number of ether oxygens (including phenoxy) is 1. The molecule has 2 aromatic carbocycles. The normalized spacial score (nSPS) is 9.95. The quantitative estimate of drug-likeness (QED) is 0.654. The first-order valence-electron chi connectivity index (χ1n) is 6.86. The molecule has 0 bridgehead atoms. The first kappa shape index (κ1) is 14.9. The predicted octanol–water partition coefficient (Wildman–Crippen LogP) is 2.59. The van der Waals surface area contributed by atoms with E-state index < -0.39 is 0 Å². The van der Waals surface area contributed by atoms with Crippen molar-refractivity contribution >= 4 is 11.6 Å². The van der Waals surface area contributed by atoms with Crippen LogP contribution < -0.4 is 5.43 Å². The number of hydrogen-bond donors (Lipinski definition) is 1. The Kier molecular flexibility index (Phi) is 5.67. The lowest BCUT2D eigenvalue weighted by molar-refractivity contribution is -0.125. The molecule has 108 valence electrons. The number of hydrazone groups is 1. The Morgan fingerprint density at radius 3 is 2.00 bits per heavy atom. The molecule has 0 aliphatic heterocycles. The molecule has 0 aromatic heterocycles. The molecule has 0 saturated heterocycles. The third-order valence-electron chi connectivity index (χ3n) is 2.82. The molecule has 4 nitrogen and oxygen atoms in total. The van der Waals surface area contributed by atoms with Crippen molar-refractivity contribution in [1.82, 2.24) is 5.43 Å². The van der Waals surface area contributed by atoms with E-state index >= 15 is 0 Å². The van der Waals surface area contributed by atoms with Crippen molar-refractivity contribution in [1.29, 1.82) is 0 Å². The molecule has 0 atom stereocenters. The highest BCUT2D eigenvalue weighted by Gasteiger charge is 2.07. The fourth-order valence-electron chi connectivity index (χ4n) is 1.83. The van der Waals surface area contributed by atoms with Gasteiger partial charge in [-0.3, -0.25) is 4.79 Å². The third-order valence-corrected chi connectivity index (χ3v) is 2.82. The molecule has 0 saturated carbocycles. The van der Waals surface area contributed by atoms with Crippen molar-refractivity contribution in [3.63, 3.8) is 0 Å². The van der Waals surface area contributed by atoms with E-state index in [4.69, 9.17) is 4.74 Å². The summed E-state index contributed by atoms with van der Waals surface area (Å²) >= 11 is 0. The van der Waals surface area contributed by atoms with Crippen LogP contribution in [0.2, 0.25) is 0 Å². The lowest BCUT2D eigenvalue weighted by atomic mass is 10.0. The maximum atomic E-state index is 11.6. The molecule has 0 radical (unpaired) electrons. The Balaban J connectivity index is 2.23. The number of carbonyl (C=O) groups is 1. The van der Waals surface area contributed by atoms with Gasteiger partial charge in [0.25, 0.3) is 5.91 Å². The molecule has 1 amide bonds. The van der Waals surface area contributed by atoms with Crippen LogP contribution in [0.1, 0.15) is 18.1 Å². The van der Waals surface area contributed by atoms with Gasteiger partial charge < -0.3 is 4.74 Å². The van der Waals surface area contributed by atoms with E-state index in [1.54, 1.807) is 0 Å². The topological polar surface area (TPSA) is 50.7 Å². The summed E-state index contributed by atoms with van der Waals surface area (Å²) in [7, 11) is 0. The zero-order valence-electron chi connectivity index (χ0n) is 12.0. The predicted molar refractivity (Wildman–Crippen MR) is 83.2 cm³/mol. The van der Waals surface area contributed by atoms with Crippen LogP contribution in [0.25, 0.3) is 0 Å². The van der Waals surface area contributed by atoms with E-state index in [0.29, 0.717) is 6.61 Å². The average molecular weight is 282 g/mol. The fraction of sp³-hybridized carbons (Fsp3) is 0.176. The Bertz CT molecular complexity index is 553. The highest BCUT2D eigenvalue weighted by molar-refractivity contribution is 6.13. The maximum Gasteiger partial charge on any atom is 0.266 e. The average Bonchev–Trinajstić information content (AvgIpc) is 2.55. The Morgan fingerprint density at radius 1 is 1.00 bits per heavy atom. The number of nitrogens with zero attached hydrogens (tertiary/aromatic N) is 1. The molecule has 0 aliphatic rings. The minimum atomic E-state index is -0.263. The summed E-state index contributed by atoms with van der Waals surface area (Å²) in [5.74, 6) is -0.263. The number of benzene rings is 2. The highest BCUT2D eigenvalue weighted by Crippen LogP contribution is 2.10. The van der Waals surface area contributed by atoms with Gasteiger partial charge in [-0.25, -0.2) is 5.43 Å². The van der Waals surface area contributed by atoms with Crippen LogP contribution in [0.5, 0.6) is 0 Å². The van der Waals surface area contributed by atoms with Crippen molar-refractivity contribution in [3.05, 3.63) is 71.8 Å². The lowest BCUT2D eigenvalue weighted by Gasteiger charge is -2.08. The van der Waals surface area contributed by atoms with Gasteiger partial charge in [0.2, 0.25) is 0 Å². The van der Waals surface area contributed by atoms with Crippen molar-refractivity contribution in [2.75, 3.05) is 13.2 Å². The van der Waals surface area contributed by atoms with Crippen LogP contribution in [0, 0.1) is 0 Å². The zero-order chi connectivity index (χ0) is 14.9. The number of hydrogen-bond acceptors (Lipinski definition) is 3. The van der Waals surface area contributed by atoms with Gasteiger partial charge in [-0.2, -0.15) is 5.10 Å². The molecular weight excluding hydrogens is 264 g/mol. The van der Waals surface area contributed by atoms with Crippen molar-refractivity contribution in [2.24, 2.45) is 5.10 Å². The number of amides is 1. The molecular formula is C17H18N2O2. The SMILES string of the molecule is CCOCC(=O)NN=C(c1ccccc1)c1ccccc1. The summed E-state index contributed by atoms with van der Waals surface area (Å²) in [6, 6.07) is 19.5. The first-order chi connectivity index (χ1) is 10.3. The van der Waals surface area contributed by atoms with E-state index in [9.17, 15) is 4.79 Å². The summed E-state index contributed by atoms with van der Waals surface area (Å²) in [6.45, 7) is 2.36. The summed E-state index contributed by atoms with van der Waals surface area (Å²) in [5.41, 5.74) is 5.15. The van der Waals surface area contributed by atoms with Crippen LogP contribution in [-0.2, 0) is 9.53 Å². The number of carbonyl (C=O) groups excluding carboxylic acids is 1. The Morgan fingerprint density at radius 2 is 1.52 bits per heavy atom. The number of nitrogens with one attached hydrogen (secondary N) is 1. The molecule has 0 aliphatic carbocycles. The summed E-state index contributed by atoms with van der Waals surface area (Å²) in [5, 5.41) is 4.25. The monoisotopic (exact) mass is 282 g/mol. The van der Waals surface area contributed by atoms with E-state index in [1.165, 1.54) is 0 Å². The molecule has 0 heterocycles. The second-order valence-corrected chi connectivity index (χ2v) is 4.36. The van der Waals surface area contributed by atoms with Gasteiger partial charge in [0.15, 0.2) is 0 Å². The minimum absolute atomic E-state index is 0.0108. The maximum absolute atomic E-state index is 11.6. The van der Waals surface area contributed by atoms with Crippen molar-refractivity contribution in [2.45, 2.75) is 6.92 Å². The van der Waals surface area contributed by atoms with Crippen molar-refractivity contribution in [3.8, 4) is 0 Å². The molecule has 0 spiro atoms. The van der Waals surface area contributed by atoms with E-state index in [2.05, 4.69) is 10.5 Å². The van der Waals surface area contributed by atoms with Crippen LogP contribution in [0.3, 0.4) is 0 Å². The fourth-order valence-corrected chi connectivity index (χ4v) is 1.83. The second kappa shape index (κ2) is 7.97. The Hall–Kier alpha value is -2.46. The molecule has 2 rings (SSSR count). The standard InChI is InChI=1S/C17H18N2O2/c1-2-21-13-16(20)18-19-17(14-9-5-3-6-10-14)15-11-7-4-8-12-15/h3-12H,2,13H2,1H3,(H,18,20). The van der Waals surface area contributed by atoms with Gasteiger partial charge in [-0.15, -0.1) is 0 Å². The van der Waals surface area contributed by atoms with E-state index in [-0.39, 0.29) is 12.5 Å². The van der Waals surface area contributed by atoms with Crippen LogP contribution in [0.4, 0.5) is 0 Å². The van der Waals surface area contributed by atoms with Crippen LogP contribution in [0.15, 0.2) is 65.8 Å². The second-order valence-electron chi connectivity index (χ2n) is 4.36. The van der Waals surface area contributed by atoms with E-state index in [0.717, 1.165) is 16.8 Å². The molecule has 1 N–H and O–H groups in total. The largest absolute Gasteiger partial charge is 0.372 e. The summed E-state index contributed by atoms with van der Waals surface area (Å²) < 4.78 is 5.06. The van der Waals surface area contributed by atoms with Crippen LogP contribution in [-0.4, -0.2) is 24.8 Å². The molecule has 2 aromatic rings. The molecule has 4 heteroatoms. The van der Waals surface area contributed by atoms with Gasteiger partial charge in [-0.1, -0.05) is 60.7 Å². The van der Waals surface area contributed by atoms with Gasteiger partial charge in [0.05, 0.1) is 5.71 Å². The number of rotatable bonds is 6. The smallest absolute Gasteiger partial charge is 0.266 e. The first-order valence-corrected chi connectivity index (χ1v) is 6.86. The van der Waals surface area contributed by atoms with Gasteiger partial charge in [0, 0.05) is 17.7 Å². The highest BCUT2D eigenvalue weighted by atomic mass is 16.5. The molecule has 0 fully saturated rings. The van der Waals surface area contributed by atoms with Gasteiger partial charge in [-0.05, 0) is 6.92 Å². The van der Waals surface area contributed by atoms with E-state index in [1.807, 2.05) is 67.6 Å². The summed E-state index contributed by atoms with van der Waals surface area (Å²) in [6.07, 6.45) is 0. The zero-order valence-corrected chi connectivity index (χ0v) is 12.0. The van der Waals surface area contributed by atoms with Crippen LogP contribution >= 0.6 is 0 Å². The minimum Gasteiger partial charge on any atom is -0.372 e. The van der Waals surface area contributed by atoms with Gasteiger partial charge in [0.1, 0.15) is 6.61 Å².